The Morgan fingerprint density at radius 2 is 0.906 bits per heavy atom. The summed E-state index contributed by atoms with van der Waals surface area (Å²) in [4.78, 5) is 7.60. The van der Waals surface area contributed by atoms with Crippen molar-refractivity contribution in [3.8, 4) is 22.3 Å². The maximum atomic E-state index is 2.63. The molecular formula is C60H44BN3. The summed E-state index contributed by atoms with van der Waals surface area (Å²) in [6.07, 6.45) is 10.0. The molecule has 0 saturated carbocycles. The van der Waals surface area contributed by atoms with E-state index in [1.807, 2.05) is 0 Å². The molecule has 0 fully saturated rings. The van der Waals surface area contributed by atoms with Gasteiger partial charge in [0.25, 0.3) is 6.71 Å². The predicted molar refractivity (Wildman–Crippen MR) is 272 cm³/mol. The van der Waals surface area contributed by atoms with Gasteiger partial charge in [0.1, 0.15) is 0 Å². The Kier molecular flexibility index (Phi) is 9.41. The SMILES string of the molecule is C1=CCC(c2cccc(-c3ccccc3)c2N2c3ccccc3B3c4ccccc4N(c4ccccc4-c4ccccc4)c4cc(N(c5ccccc5)c5ccccc5)cc2c43)C=C1. The number of fused-ring (bicyclic) bond motifs is 4. The molecule has 2 aliphatic heterocycles. The lowest BCUT2D eigenvalue weighted by Gasteiger charge is -2.46. The Morgan fingerprint density at radius 1 is 0.406 bits per heavy atom. The van der Waals surface area contributed by atoms with E-state index >= 15 is 0 Å². The fourth-order valence-electron chi connectivity index (χ4n) is 10.4. The van der Waals surface area contributed by atoms with E-state index in [4.69, 9.17) is 0 Å². The summed E-state index contributed by atoms with van der Waals surface area (Å²) in [6, 6.07) is 82.4. The normalized spacial score (nSPS) is 14.4. The van der Waals surface area contributed by atoms with Gasteiger partial charge in [-0.25, -0.2) is 0 Å². The number of hydrogen-bond donors (Lipinski definition) is 0. The van der Waals surface area contributed by atoms with Gasteiger partial charge in [-0.3, -0.25) is 0 Å². The fraction of sp³-hybridized carbons (Fsp3) is 0.0333. The summed E-state index contributed by atoms with van der Waals surface area (Å²) >= 11 is 0. The first-order chi connectivity index (χ1) is 31.8. The zero-order valence-electron chi connectivity index (χ0n) is 35.4. The van der Waals surface area contributed by atoms with E-state index in [1.54, 1.807) is 0 Å². The van der Waals surface area contributed by atoms with Crippen molar-refractivity contribution in [2.45, 2.75) is 12.3 Å². The third-order valence-electron chi connectivity index (χ3n) is 13.1. The van der Waals surface area contributed by atoms with Crippen LogP contribution in [0.3, 0.4) is 0 Å². The summed E-state index contributed by atoms with van der Waals surface area (Å²) in [7, 11) is 0. The molecule has 0 spiro atoms. The van der Waals surface area contributed by atoms with Crippen LogP contribution in [0.25, 0.3) is 22.3 Å². The van der Waals surface area contributed by atoms with Gasteiger partial charge >= 0.3 is 0 Å². The van der Waals surface area contributed by atoms with Gasteiger partial charge in [0.05, 0.1) is 17.1 Å². The second kappa shape index (κ2) is 16.0. The lowest BCUT2D eigenvalue weighted by Crippen LogP contribution is -2.61. The average molecular weight is 818 g/mol. The van der Waals surface area contributed by atoms with Crippen LogP contribution in [0.5, 0.6) is 0 Å². The predicted octanol–water partition coefficient (Wildman–Crippen LogP) is 14.2. The molecule has 64 heavy (non-hydrogen) atoms. The van der Waals surface area contributed by atoms with Gasteiger partial charge < -0.3 is 14.7 Å². The highest BCUT2D eigenvalue weighted by atomic mass is 15.2. The first-order valence-corrected chi connectivity index (χ1v) is 22.3. The average Bonchev–Trinajstić information content (AvgIpc) is 3.37. The van der Waals surface area contributed by atoms with Crippen LogP contribution in [-0.4, -0.2) is 6.71 Å². The molecule has 1 unspecified atom stereocenters. The molecule has 2 heterocycles. The molecule has 9 aromatic rings. The van der Waals surface area contributed by atoms with Gasteiger partial charge in [-0.2, -0.15) is 0 Å². The summed E-state index contributed by atoms with van der Waals surface area (Å²) in [5, 5.41) is 0. The van der Waals surface area contributed by atoms with Gasteiger partial charge in [0.15, 0.2) is 0 Å². The molecule has 4 heteroatoms. The van der Waals surface area contributed by atoms with Crippen molar-refractivity contribution in [2.24, 2.45) is 0 Å². The highest BCUT2D eigenvalue weighted by molar-refractivity contribution is 7.00. The Balaban J connectivity index is 1.23. The minimum atomic E-state index is -0.0189. The molecule has 302 valence electrons. The molecule has 0 aromatic heterocycles. The largest absolute Gasteiger partial charge is 0.311 e. The Labute approximate surface area is 376 Å². The van der Waals surface area contributed by atoms with Gasteiger partial charge in [-0.15, -0.1) is 0 Å². The lowest BCUT2D eigenvalue weighted by atomic mass is 9.33. The van der Waals surface area contributed by atoms with Crippen molar-refractivity contribution in [1.82, 2.24) is 0 Å². The topological polar surface area (TPSA) is 9.72 Å². The molecule has 0 bridgehead atoms. The van der Waals surface area contributed by atoms with Crippen LogP contribution in [0.4, 0.5) is 51.2 Å². The summed E-state index contributed by atoms with van der Waals surface area (Å²) in [5.41, 5.74) is 20.3. The molecular weight excluding hydrogens is 773 g/mol. The standard InChI is InChI=1S/C60H44BN3/c1-6-23-43(24-7-1)49-33-16-19-38-54(49)63-55-39-20-17-36-52(55)61-53-37-18-21-40-56(53)64(60-50(44-25-8-2-9-26-44)34-22-35-51(60)45-27-10-3-11-28-45)58-42-48(41-57(63)59(58)61)62(46-29-12-4-13-30-46)47-31-14-5-15-32-47/h1-27,29-42,45H,28H2. The first kappa shape index (κ1) is 37.7. The maximum absolute atomic E-state index is 2.63. The van der Waals surface area contributed by atoms with Crippen LogP contribution in [0.15, 0.2) is 249 Å². The van der Waals surface area contributed by atoms with E-state index in [2.05, 4.69) is 263 Å². The Bertz CT molecular complexity index is 3180. The third-order valence-corrected chi connectivity index (χ3v) is 13.1. The van der Waals surface area contributed by atoms with Crippen LogP contribution in [-0.2, 0) is 0 Å². The highest BCUT2D eigenvalue weighted by Crippen LogP contribution is 2.52. The number of hydrogen-bond acceptors (Lipinski definition) is 3. The molecule has 9 aromatic carbocycles. The molecule has 0 radical (unpaired) electrons. The van der Waals surface area contributed by atoms with Gasteiger partial charge in [0, 0.05) is 51.2 Å². The van der Waals surface area contributed by atoms with Crippen LogP contribution in [0.2, 0.25) is 0 Å². The molecule has 12 rings (SSSR count). The Morgan fingerprint density at radius 3 is 1.52 bits per heavy atom. The Hall–Kier alpha value is -8.08. The van der Waals surface area contributed by atoms with Crippen molar-refractivity contribution in [1.29, 1.82) is 0 Å². The molecule has 3 aliphatic rings. The number of allylic oxidation sites excluding steroid dienone is 4. The molecule has 0 N–H and O–H groups in total. The third kappa shape index (κ3) is 6.29. The molecule has 0 amide bonds. The van der Waals surface area contributed by atoms with Crippen LogP contribution >= 0.6 is 0 Å². The van der Waals surface area contributed by atoms with Crippen LogP contribution in [0, 0.1) is 0 Å². The van der Waals surface area contributed by atoms with E-state index in [-0.39, 0.29) is 12.6 Å². The zero-order chi connectivity index (χ0) is 42.4. The van der Waals surface area contributed by atoms with E-state index in [1.165, 1.54) is 67.0 Å². The van der Waals surface area contributed by atoms with Crippen molar-refractivity contribution in [3.63, 3.8) is 0 Å². The number of benzene rings is 9. The maximum Gasteiger partial charge on any atom is 0.252 e. The van der Waals surface area contributed by atoms with Crippen LogP contribution in [0.1, 0.15) is 17.9 Å². The van der Waals surface area contributed by atoms with E-state index in [0.29, 0.717) is 0 Å². The summed E-state index contributed by atoms with van der Waals surface area (Å²) < 4.78 is 0. The summed E-state index contributed by atoms with van der Waals surface area (Å²) in [5.74, 6) is 0.202. The minimum Gasteiger partial charge on any atom is -0.311 e. The van der Waals surface area contributed by atoms with Crippen molar-refractivity contribution < 1.29 is 0 Å². The summed E-state index contributed by atoms with van der Waals surface area (Å²) in [6.45, 7) is -0.0189. The number of nitrogens with zero attached hydrogens (tertiary/aromatic N) is 3. The van der Waals surface area contributed by atoms with Crippen molar-refractivity contribution in [3.05, 3.63) is 254 Å². The molecule has 1 aliphatic carbocycles. The zero-order valence-corrected chi connectivity index (χ0v) is 35.4. The van der Waals surface area contributed by atoms with Crippen molar-refractivity contribution >= 4 is 74.3 Å². The second-order valence-corrected chi connectivity index (χ2v) is 16.8. The number of anilines is 9. The minimum absolute atomic E-state index is 0.0189. The molecule has 1 atom stereocenters. The van der Waals surface area contributed by atoms with E-state index in [9.17, 15) is 0 Å². The van der Waals surface area contributed by atoms with Crippen LogP contribution < -0.4 is 31.1 Å². The van der Waals surface area contributed by atoms with Gasteiger partial charge in [-0.1, -0.05) is 194 Å². The lowest BCUT2D eigenvalue weighted by molar-refractivity contribution is 0.852. The van der Waals surface area contributed by atoms with E-state index in [0.717, 1.165) is 34.9 Å². The second-order valence-electron chi connectivity index (χ2n) is 16.8. The van der Waals surface area contributed by atoms with Gasteiger partial charge in [-0.05, 0) is 94.1 Å². The quantitative estimate of drug-likeness (QED) is 0.141. The monoisotopic (exact) mass is 817 g/mol. The van der Waals surface area contributed by atoms with E-state index < -0.39 is 0 Å². The highest BCUT2D eigenvalue weighted by Gasteiger charge is 2.45. The van der Waals surface area contributed by atoms with Crippen molar-refractivity contribution in [2.75, 3.05) is 14.7 Å². The smallest absolute Gasteiger partial charge is 0.252 e. The number of para-hydroxylation sites is 6. The molecule has 3 nitrogen and oxygen atoms in total. The number of rotatable bonds is 8. The fourth-order valence-corrected chi connectivity index (χ4v) is 10.4. The van der Waals surface area contributed by atoms with Gasteiger partial charge in [0.2, 0.25) is 0 Å². The molecule has 0 saturated heterocycles. The first-order valence-electron chi connectivity index (χ1n) is 22.3.